The average molecular weight is 324 g/mol. The number of phenolic OH excluding ortho intramolecular Hbond substituents is 1. The van der Waals surface area contributed by atoms with Gasteiger partial charge in [0, 0.05) is 0 Å². The number of carbonyl (C=O) groups is 2. The van der Waals surface area contributed by atoms with Gasteiger partial charge in [-0.05, 0) is 42.8 Å². The molecule has 0 radical (unpaired) electrons. The fourth-order valence-electron chi connectivity index (χ4n) is 2.90. The lowest BCUT2D eigenvalue weighted by molar-refractivity contribution is -0.127. The van der Waals surface area contributed by atoms with Crippen LogP contribution in [0, 0.1) is 5.92 Å². The van der Waals surface area contributed by atoms with E-state index in [4.69, 9.17) is 0 Å². The number of para-hydroxylation sites is 1. The molecule has 2 aromatic carbocycles. The first-order chi connectivity index (χ1) is 11.6. The molecule has 1 heterocycles. The van der Waals surface area contributed by atoms with Crippen LogP contribution in [0.3, 0.4) is 0 Å². The molecule has 124 valence electrons. The van der Waals surface area contributed by atoms with Gasteiger partial charge in [-0.1, -0.05) is 38.0 Å². The van der Waals surface area contributed by atoms with Gasteiger partial charge in [-0.15, -0.1) is 0 Å². The second kappa shape index (κ2) is 6.74. The number of nitrogens with zero attached hydrogens (tertiary/aromatic N) is 2. The van der Waals surface area contributed by atoms with Crippen LogP contribution in [0.15, 0.2) is 54.6 Å². The fraction of sp³-hybridized carbons (Fsp3) is 0.263. The summed E-state index contributed by atoms with van der Waals surface area (Å²) in [4.78, 5) is 25.8. The van der Waals surface area contributed by atoms with Crippen LogP contribution in [0.2, 0.25) is 0 Å². The van der Waals surface area contributed by atoms with Gasteiger partial charge in [0.1, 0.15) is 11.7 Å². The molecule has 0 unspecified atom stereocenters. The Morgan fingerprint density at radius 2 is 1.42 bits per heavy atom. The van der Waals surface area contributed by atoms with E-state index in [1.165, 1.54) is 22.2 Å². The number of hydrogen-bond donors (Lipinski definition) is 1. The lowest BCUT2D eigenvalue weighted by Crippen LogP contribution is -2.41. The van der Waals surface area contributed by atoms with Gasteiger partial charge in [0.15, 0.2) is 0 Å². The van der Waals surface area contributed by atoms with Crippen molar-refractivity contribution in [3.63, 3.8) is 0 Å². The molecule has 1 saturated heterocycles. The monoisotopic (exact) mass is 324 g/mol. The summed E-state index contributed by atoms with van der Waals surface area (Å²) in [5, 5.41) is 12.3. The number of carbonyl (C=O) groups excluding carboxylic acids is 2. The van der Waals surface area contributed by atoms with E-state index in [2.05, 4.69) is 0 Å². The van der Waals surface area contributed by atoms with Gasteiger partial charge in [-0.2, -0.15) is 0 Å². The summed E-state index contributed by atoms with van der Waals surface area (Å²) in [5.41, 5.74) is 1.22. The third-order valence-electron chi connectivity index (χ3n) is 4.16. The Bertz CT molecular complexity index is 728. The quantitative estimate of drug-likeness (QED) is 0.856. The summed E-state index contributed by atoms with van der Waals surface area (Å²) in [5.74, 6) is -0.958. The Morgan fingerprint density at radius 3 is 1.96 bits per heavy atom. The summed E-state index contributed by atoms with van der Waals surface area (Å²) in [7, 11) is 0. The third kappa shape index (κ3) is 2.85. The van der Waals surface area contributed by atoms with Gasteiger partial charge in [-0.3, -0.25) is 9.59 Å². The number of unbranched alkanes of at least 4 members (excludes halogenated alkanes) is 1. The number of anilines is 2. The van der Waals surface area contributed by atoms with Crippen LogP contribution in [0.1, 0.15) is 26.2 Å². The summed E-state index contributed by atoms with van der Waals surface area (Å²) in [6.07, 6.45) is 2.31. The SMILES string of the molecule is CCCC[C@H]1C(=O)N(c2ccccc2)N(c2ccc(O)cc2)C1=O. The Balaban J connectivity index is 2.02. The number of amides is 2. The molecule has 0 spiro atoms. The Kier molecular flexibility index (Phi) is 4.51. The predicted octanol–water partition coefficient (Wildman–Crippen LogP) is 3.49. The summed E-state index contributed by atoms with van der Waals surface area (Å²) >= 11 is 0. The minimum atomic E-state index is -0.654. The van der Waals surface area contributed by atoms with Crippen molar-refractivity contribution >= 4 is 23.2 Å². The van der Waals surface area contributed by atoms with Gasteiger partial charge >= 0.3 is 0 Å². The Morgan fingerprint density at radius 1 is 0.875 bits per heavy atom. The summed E-state index contributed by atoms with van der Waals surface area (Å²) < 4.78 is 0. The molecule has 0 aromatic heterocycles. The summed E-state index contributed by atoms with van der Waals surface area (Å²) in [6.45, 7) is 2.04. The number of rotatable bonds is 5. The number of hydrogen-bond acceptors (Lipinski definition) is 3. The van der Waals surface area contributed by atoms with Crippen molar-refractivity contribution in [3.8, 4) is 5.75 Å². The highest BCUT2D eigenvalue weighted by molar-refractivity contribution is 6.23. The van der Waals surface area contributed by atoms with E-state index in [0.717, 1.165) is 12.8 Å². The molecule has 2 aromatic rings. The van der Waals surface area contributed by atoms with Crippen LogP contribution in [0.5, 0.6) is 5.75 Å². The van der Waals surface area contributed by atoms with E-state index in [-0.39, 0.29) is 17.6 Å². The van der Waals surface area contributed by atoms with E-state index in [0.29, 0.717) is 17.8 Å². The predicted molar refractivity (Wildman–Crippen MR) is 92.5 cm³/mol. The second-order valence-corrected chi connectivity index (χ2v) is 5.85. The zero-order chi connectivity index (χ0) is 17.1. The van der Waals surface area contributed by atoms with Gasteiger partial charge in [0.05, 0.1) is 11.4 Å². The molecule has 5 nitrogen and oxygen atoms in total. The molecule has 2 amide bonds. The molecule has 1 N–H and O–H groups in total. The lowest BCUT2D eigenvalue weighted by Gasteiger charge is -2.27. The minimum Gasteiger partial charge on any atom is -0.508 e. The molecule has 1 atom stereocenters. The molecule has 3 rings (SSSR count). The molecule has 24 heavy (non-hydrogen) atoms. The molecular formula is C19H20N2O3. The third-order valence-corrected chi connectivity index (χ3v) is 4.16. The molecule has 5 heteroatoms. The van der Waals surface area contributed by atoms with Crippen molar-refractivity contribution in [2.24, 2.45) is 5.92 Å². The first-order valence-electron chi connectivity index (χ1n) is 8.15. The second-order valence-electron chi connectivity index (χ2n) is 5.85. The largest absolute Gasteiger partial charge is 0.508 e. The van der Waals surface area contributed by atoms with Crippen molar-refractivity contribution in [1.82, 2.24) is 0 Å². The molecule has 1 aliphatic heterocycles. The van der Waals surface area contributed by atoms with E-state index in [1.54, 1.807) is 24.3 Å². The van der Waals surface area contributed by atoms with Gasteiger partial charge in [0.25, 0.3) is 11.8 Å². The number of phenols is 1. The Labute approximate surface area is 141 Å². The fourth-order valence-corrected chi connectivity index (χ4v) is 2.90. The van der Waals surface area contributed by atoms with Crippen LogP contribution in [-0.4, -0.2) is 16.9 Å². The van der Waals surface area contributed by atoms with Crippen LogP contribution < -0.4 is 10.0 Å². The van der Waals surface area contributed by atoms with Gasteiger partial charge in [-0.25, -0.2) is 10.0 Å². The topological polar surface area (TPSA) is 60.9 Å². The average Bonchev–Trinajstić information content (AvgIpc) is 2.85. The normalized spacial score (nSPS) is 17.6. The molecular weight excluding hydrogens is 304 g/mol. The Hall–Kier alpha value is -2.82. The van der Waals surface area contributed by atoms with Gasteiger partial charge in [0.2, 0.25) is 0 Å². The molecule has 1 fully saturated rings. The zero-order valence-electron chi connectivity index (χ0n) is 13.6. The molecule has 0 saturated carbocycles. The zero-order valence-corrected chi connectivity index (χ0v) is 13.6. The number of aromatic hydroxyl groups is 1. The van der Waals surface area contributed by atoms with Crippen LogP contribution in [0.4, 0.5) is 11.4 Å². The van der Waals surface area contributed by atoms with Crippen molar-refractivity contribution in [3.05, 3.63) is 54.6 Å². The summed E-state index contributed by atoms with van der Waals surface area (Å²) in [6, 6.07) is 15.4. The van der Waals surface area contributed by atoms with Crippen molar-refractivity contribution < 1.29 is 14.7 Å². The number of benzene rings is 2. The minimum absolute atomic E-state index is 0.116. The first kappa shape index (κ1) is 16.1. The number of hydrazine groups is 1. The van der Waals surface area contributed by atoms with Crippen molar-refractivity contribution in [1.29, 1.82) is 0 Å². The van der Waals surface area contributed by atoms with Crippen LogP contribution in [0.25, 0.3) is 0 Å². The molecule has 1 aliphatic rings. The maximum atomic E-state index is 12.9. The van der Waals surface area contributed by atoms with E-state index in [9.17, 15) is 14.7 Å². The highest BCUT2D eigenvalue weighted by Gasteiger charge is 2.46. The van der Waals surface area contributed by atoms with Crippen molar-refractivity contribution in [2.45, 2.75) is 26.2 Å². The highest BCUT2D eigenvalue weighted by atomic mass is 16.3. The maximum absolute atomic E-state index is 12.9. The standard InChI is InChI=1S/C19H20N2O3/c1-2-3-9-17-18(23)20(14-7-5-4-6-8-14)21(19(17)24)15-10-12-16(22)13-11-15/h4-8,10-13,17,22H,2-3,9H2,1H3/t17-/m0/s1. The van der Waals surface area contributed by atoms with E-state index >= 15 is 0 Å². The van der Waals surface area contributed by atoms with E-state index < -0.39 is 5.92 Å². The molecule has 0 bridgehead atoms. The van der Waals surface area contributed by atoms with Crippen molar-refractivity contribution in [2.75, 3.05) is 10.0 Å². The van der Waals surface area contributed by atoms with Crippen LogP contribution in [-0.2, 0) is 9.59 Å². The maximum Gasteiger partial charge on any atom is 0.258 e. The highest BCUT2D eigenvalue weighted by Crippen LogP contribution is 2.34. The lowest BCUT2D eigenvalue weighted by atomic mass is 10.0. The van der Waals surface area contributed by atoms with E-state index in [1.807, 2.05) is 25.1 Å². The molecule has 0 aliphatic carbocycles. The van der Waals surface area contributed by atoms with Crippen LogP contribution >= 0.6 is 0 Å². The first-order valence-corrected chi connectivity index (χ1v) is 8.15. The van der Waals surface area contributed by atoms with Gasteiger partial charge < -0.3 is 5.11 Å². The smallest absolute Gasteiger partial charge is 0.258 e.